The molecule has 212 valence electrons. The lowest BCUT2D eigenvalue weighted by Gasteiger charge is -2.16. The molecule has 6 rings (SSSR count). The number of carbonyl (C=O) groups is 4. The first-order valence-corrected chi connectivity index (χ1v) is 13.8. The fourth-order valence-electron chi connectivity index (χ4n) is 4.98. The van der Waals surface area contributed by atoms with Crippen molar-refractivity contribution in [2.45, 2.75) is 19.3 Å². The van der Waals surface area contributed by atoms with Crippen LogP contribution < -0.4 is 19.3 Å². The van der Waals surface area contributed by atoms with E-state index in [9.17, 15) is 19.2 Å². The van der Waals surface area contributed by atoms with Crippen LogP contribution in [0.5, 0.6) is 23.0 Å². The lowest BCUT2D eigenvalue weighted by atomic mass is 10.0. The molecule has 0 N–H and O–H groups in total. The largest absolute Gasteiger partial charge is 0.457 e. The summed E-state index contributed by atoms with van der Waals surface area (Å²) in [4.78, 5) is 50.0. The number of nitrogens with zero attached hydrogens (tertiary/aromatic N) is 2. The van der Waals surface area contributed by atoms with E-state index >= 15 is 0 Å². The molecule has 0 aromatic heterocycles. The first-order chi connectivity index (χ1) is 21.0. The highest BCUT2D eigenvalue weighted by atomic mass is 16.5. The van der Waals surface area contributed by atoms with Gasteiger partial charge in [-0.15, -0.1) is 0 Å². The first-order valence-electron chi connectivity index (χ1n) is 13.8. The minimum absolute atomic E-state index is 0.362. The van der Waals surface area contributed by atoms with E-state index < -0.39 is 0 Å². The SMILES string of the molecule is O=C1C=CC(=O)N1c1ccc(Oc2ccccc2CCCc2ccccc2Oc2ccc(N3C(=O)C=CC3=O)cc2)cc1. The zero-order valence-electron chi connectivity index (χ0n) is 23.0. The van der Waals surface area contributed by atoms with Gasteiger partial charge in [0.05, 0.1) is 11.4 Å². The van der Waals surface area contributed by atoms with E-state index in [1.54, 1.807) is 48.5 Å². The van der Waals surface area contributed by atoms with Crippen molar-refractivity contribution in [3.63, 3.8) is 0 Å². The quantitative estimate of drug-likeness (QED) is 0.208. The number of imide groups is 2. The third-order valence-corrected chi connectivity index (χ3v) is 7.10. The molecule has 0 bridgehead atoms. The van der Waals surface area contributed by atoms with Gasteiger partial charge in [-0.3, -0.25) is 19.2 Å². The van der Waals surface area contributed by atoms with Crippen molar-refractivity contribution in [1.29, 1.82) is 0 Å². The van der Waals surface area contributed by atoms with Crippen LogP contribution in [0.3, 0.4) is 0 Å². The number of carbonyl (C=O) groups excluding carboxylic acids is 4. The summed E-state index contributed by atoms with van der Waals surface area (Å²) < 4.78 is 12.3. The topological polar surface area (TPSA) is 93.2 Å². The normalized spacial score (nSPS) is 14.2. The average molecular weight is 571 g/mol. The van der Waals surface area contributed by atoms with E-state index in [1.165, 1.54) is 24.3 Å². The zero-order chi connectivity index (χ0) is 29.8. The lowest BCUT2D eigenvalue weighted by Crippen LogP contribution is -2.29. The summed E-state index contributed by atoms with van der Waals surface area (Å²) in [5, 5.41) is 0. The summed E-state index contributed by atoms with van der Waals surface area (Å²) >= 11 is 0. The minimum atomic E-state index is -0.362. The molecule has 0 atom stereocenters. The summed E-state index contributed by atoms with van der Waals surface area (Å²) in [6.45, 7) is 0. The Balaban J connectivity index is 1.08. The van der Waals surface area contributed by atoms with E-state index in [1.807, 2.05) is 48.5 Å². The van der Waals surface area contributed by atoms with Crippen LogP contribution in [0.2, 0.25) is 0 Å². The monoisotopic (exact) mass is 570 g/mol. The number of anilines is 2. The number of hydrogen-bond donors (Lipinski definition) is 0. The molecule has 0 radical (unpaired) electrons. The maximum atomic E-state index is 12.0. The Morgan fingerprint density at radius 3 is 1.16 bits per heavy atom. The fraction of sp³-hybridized carbons (Fsp3) is 0.0857. The maximum Gasteiger partial charge on any atom is 0.258 e. The van der Waals surface area contributed by atoms with Gasteiger partial charge in [-0.2, -0.15) is 0 Å². The van der Waals surface area contributed by atoms with Crippen LogP contribution in [-0.2, 0) is 32.0 Å². The Kier molecular flexibility index (Phi) is 7.65. The van der Waals surface area contributed by atoms with Crippen LogP contribution in [0, 0.1) is 0 Å². The zero-order valence-corrected chi connectivity index (χ0v) is 23.0. The second kappa shape index (κ2) is 12.0. The van der Waals surface area contributed by atoms with Gasteiger partial charge in [-0.1, -0.05) is 36.4 Å². The maximum absolute atomic E-state index is 12.0. The number of amides is 4. The molecular weight excluding hydrogens is 544 g/mol. The molecule has 2 aliphatic heterocycles. The summed E-state index contributed by atoms with van der Waals surface area (Å²) in [5.74, 6) is 1.23. The molecule has 0 saturated carbocycles. The van der Waals surface area contributed by atoms with Crippen molar-refractivity contribution in [3.05, 3.63) is 132 Å². The molecule has 0 spiro atoms. The Labute approximate surface area is 248 Å². The van der Waals surface area contributed by atoms with Gasteiger partial charge in [0.15, 0.2) is 0 Å². The van der Waals surface area contributed by atoms with Crippen molar-refractivity contribution >= 4 is 35.0 Å². The Morgan fingerprint density at radius 1 is 0.442 bits per heavy atom. The van der Waals surface area contributed by atoms with Gasteiger partial charge >= 0.3 is 0 Å². The summed E-state index contributed by atoms with van der Waals surface area (Å²) in [7, 11) is 0. The van der Waals surface area contributed by atoms with Gasteiger partial charge in [-0.05, 0) is 91.1 Å². The number of rotatable bonds is 10. The summed E-state index contributed by atoms with van der Waals surface area (Å²) in [5.41, 5.74) is 3.09. The summed E-state index contributed by atoms with van der Waals surface area (Å²) in [6, 6.07) is 29.4. The van der Waals surface area contributed by atoms with E-state index in [4.69, 9.17) is 9.47 Å². The van der Waals surface area contributed by atoms with Crippen LogP contribution in [-0.4, -0.2) is 23.6 Å². The molecule has 8 heteroatoms. The number of para-hydroxylation sites is 2. The third-order valence-electron chi connectivity index (χ3n) is 7.10. The summed E-state index contributed by atoms with van der Waals surface area (Å²) in [6.07, 6.45) is 7.41. The minimum Gasteiger partial charge on any atom is -0.457 e. The van der Waals surface area contributed by atoms with Crippen LogP contribution in [0.25, 0.3) is 0 Å². The number of aryl methyl sites for hydroxylation is 2. The molecule has 2 aliphatic rings. The van der Waals surface area contributed by atoms with Crippen molar-refractivity contribution in [2.24, 2.45) is 0 Å². The van der Waals surface area contributed by atoms with Gasteiger partial charge in [-0.25, -0.2) is 9.80 Å². The lowest BCUT2D eigenvalue weighted by molar-refractivity contribution is -0.121. The number of benzene rings is 4. The van der Waals surface area contributed by atoms with E-state index in [0.29, 0.717) is 22.9 Å². The molecule has 0 aliphatic carbocycles. The third kappa shape index (κ3) is 5.99. The van der Waals surface area contributed by atoms with Gasteiger partial charge in [0.1, 0.15) is 23.0 Å². The Hall–Kier alpha value is -5.76. The highest BCUT2D eigenvalue weighted by molar-refractivity contribution is 6.28. The molecule has 4 aromatic carbocycles. The second-order valence-corrected chi connectivity index (χ2v) is 9.95. The second-order valence-electron chi connectivity index (χ2n) is 9.95. The molecule has 8 nitrogen and oxygen atoms in total. The smallest absolute Gasteiger partial charge is 0.258 e. The number of ether oxygens (including phenoxy) is 2. The van der Waals surface area contributed by atoms with Crippen molar-refractivity contribution in [1.82, 2.24) is 0 Å². The van der Waals surface area contributed by atoms with Crippen molar-refractivity contribution in [3.8, 4) is 23.0 Å². The average Bonchev–Trinajstić information content (AvgIpc) is 3.54. The molecule has 4 amide bonds. The molecule has 2 heterocycles. The van der Waals surface area contributed by atoms with Gasteiger partial charge in [0.25, 0.3) is 23.6 Å². The van der Waals surface area contributed by atoms with Gasteiger partial charge in [0.2, 0.25) is 0 Å². The predicted octanol–water partition coefficient (Wildman–Crippen LogP) is 6.31. The van der Waals surface area contributed by atoms with Crippen LogP contribution in [0.1, 0.15) is 17.5 Å². The highest BCUT2D eigenvalue weighted by Crippen LogP contribution is 2.31. The molecule has 0 unspecified atom stereocenters. The van der Waals surface area contributed by atoms with Crippen molar-refractivity contribution in [2.75, 3.05) is 9.80 Å². The number of hydrogen-bond acceptors (Lipinski definition) is 6. The Morgan fingerprint density at radius 2 is 0.791 bits per heavy atom. The van der Waals surface area contributed by atoms with E-state index in [0.717, 1.165) is 51.7 Å². The fourth-order valence-corrected chi connectivity index (χ4v) is 4.98. The first kappa shape index (κ1) is 27.4. The predicted molar refractivity (Wildman–Crippen MR) is 161 cm³/mol. The van der Waals surface area contributed by atoms with E-state index in [2.05, 4.69) is 0 Å². The van der Waals surface area contributed by atoms with Crippen LogP contribution in [0.4, 0.5) is 11.4 Å². The Bertz CT molecular complexity index is 1610. The molecule has 0 saturated heterocycles. The van der Waals surface area contributed by atoms with Crippen LogP contribution >= 0.6 is 0 Å². The highest BCUT2D eigenvalue weighted by Gasteiger charge is 2.26. The van der Waals surface area contributed by atoms with Gasteiger partial charge < -0.3 is 9.47 Å². The standard InChI is InChI=1S/C35H26N2O6/c38-32-20-21-33(39)36(32)26-12-16-28(17-13-26)42-30-10-3-1-6-24(30)8-5-9-25-7-2-4-11-31(25)43-29-18-14-27(15-19-29)37-34(40)22-23-35(37)41/h1-4,6-7,10-23H,5,8-9H2. The molecule has 0 fully saturated rings. The molecule has 43 heavy (non-hydrogen) atoms. The van der Waals surface area contributed by atoms with E-state index in [-0.39, 0.29) is 23.6 Å². The van der Waals surface area contributed by atoms with Gasteiger partial charge in [0, 0.05) is 24.3 Å². The molecule has 4 aromatic rings. The van der Waals surface area contributed by atoms with Crippen LogP contribution in [0.15, 0.2) is 121 Å². The molecular formula is C35H26N2O6. The van der Waals surface area contributed by atoms with Crippen molar-refractivity contribution < 1.29 is 28.7 Å².